The Kier molecular flexibility index (Phi) is 9.13. The van der Waals surface area contributed by atoms with Crippen LogP contribution in [0.1, 0.15) is 59.4 Å². The van der Waals surface area contributed by atoms with Crippen LogP contribution >= 0.6 is 11.6 Å². The number of allylic oxidation sites excluding steroid dienone is 1. The number of rotatable bonds is 5. The Morgan fingerprint density at radius 3 is 2.51 bits per heavy atom. The Morgan fingerprint density at radius 2 is 1.80 bits per heavy atom. The van der Waals surface area contributed by atoms with E-state index in [-0.39, 0.29) is 27.7 Å². The average molecular weight is 578 g/mol. The lowest BCUT2D eigenvalue weighted by Crippen LogP contribution is -2.33. The fourth-order valence-electron chi connectivity index (χ4n) is 5.43. The summed E-state index contributed by atoms with van der Waals surface area (Å²) in [4.78, 5) is 40.2. The number of carbonyl (C=O) groups is 3. The molecule has 3 aromatic carbocycles. The third-order valence-corrected chi connectivity index (χ3v) is 7.79. The van der Waals surface area contributed by atoms with E-state index in [2.05, 4.69) is 5.32 Å². The van der Waals surface area contributed by atoms with Crippen LogP contribution < -0.4 is 20.7 Å². The molecule has 0 saturated carbocycles. The van der Waals surface area contributed by atoms with Crippen LogP contribution in [0.3, 0.4) is 0 Å². The first-order chi connectivity index (χ1) is 19.7. The fraction of sp³-hybridized carbons (Fsp3) is 0.281. The molecule has 3 amide bonds. The van der Waals surface area contributed by atoms with Crippen LogP contribution in [0.4, 0.5) is 15.8 Å². The third-order valence-electron chi connectivity index (χ3n) is 7.46. The third kappa shape index (κ3) is 6.28. The van der Waals surface area contributed by atoms with Gasteiger partial charge in [0.15, 0.2) is 0 Å². The van der Waals surface area contributed by atoms with Crippen LogP contribution in [0, 0.1) is 11.2 Å². The minimum Gasteiger partial charge on any atom is -0.495 e. The van der Waals surface area contributed by atoms with Crippen LogP contribution in [0.2, 0.25) is 5.02 Å². The van der Waals surface area contributed by atoms with Gasteiger partial charge in [0.05, 0.1) is 23.4 Å². The number of nitrogens with two attached hydrogens (primary N) is 1. The van der Waals surface area contributed by atoms with Gasteiger partial charge in [0.25, 0.3) is 11.8 Å². The first-order valence-corrected chi connectivity index (χ1v) is 13.9. The number of halogens is 2. The number of fused-ring (bicyclic) bond motifs is 1. The molecule has 1 aliphatic carbocycles. The number of nitrogens with zero attached hydrogens (tertiary/aromatic N) is 1. The van der Waals surface area contributed by atoms with Gasteiger partial charge in [-0.1, -0.05) is 49.7 Å². The summed E-state index contributed by atoms with van der Waals surface area (Å²) in [5.41, 5.74) is 8.47. The molecule has 0 fully saturated rings. The van der Waals surface area contributed by atoms with Gasteiger partial charge in [0.2, 0.25) is 5.91 Å². The highest BCUT2D eigenvalue weighted by molar-refractivity contribution is 6.34. The molecule has 2 aliphatic rings. The number of carbonyl (C=O) groups excluding carboxylic acids is 3. The van der Waals surface area contributed by atoms with Crippen molar-refractivity contribution in [1.82, 2.24) is 0 Å². The molecule has 3 N–H and O–H groups in total. The smallest absolute Gasteiger partial charge is 0.258 e. The molecule has 7 nitrogen and oxygen atoms in total. The number of primary amides is 1. The second-order valence-electron chi connectivity index (χ2n) is 9.90. The Bertz CT molecular complexity index is 1520. The molecule has 1 spiro atoms. The number of anilines is 2. The molecule has 1 heterocycles. The zero-order chi connectivity index (χ0) is 29.7. The predicted octanol–water partition coefficient (Wildman–Crippen LogP) is 6.55. The predicted molar refractivity (Wildman–Crippen MR) is 159 cm³/mol. The van der Waals surface area contributed by atoms with Gasteiger partial charge in [-0.25, -0.2) is 4.39 Å². The maximum atomic E-state index is 13.8. The van der Waals surface area contributed by atoms with E-state index in [0.717, 1.165) is 23.7 Å². The van der Waals surface area contributed by atoms with E-state index in [0.29, 0.717) is 42.6 Å². The molecule has 0 radical (unpaired) electrons. The maximum absolute atomic E-state index is 13.8. The van der Waals surface area contributed by atoms with Crippen LogP contribution in [-0.4, -0.2) is 31.4 Å². The van der Waals surface area contributed by atoms with Crippen molar-refractivity contribution in [3.63, 3.8) is 0 Å². The van der Waals surface area contributed by atoms with E-state index in [9.17, 15) is 18.8 Å². The van der Waals surface area contributed by atoms with Crippen LogP contribution in [-0.2, 0) is 11.2 Å². The van der Waals surface area contributed by atoms with Gasteiger partial charge >= 0.3 is 0 Å². The molecule has 0 saturated heterocycles. The molecule has 41 heavy (non-hydrogen) atoms. The molecule has 5 rings (SSSR count). The van der Waals surface area contributed by atoms with Gasteiger partial charge in [0, 0.05) is 23.4 Å². The minimum absolute atomic E-state index is 0.0190. The van der Waals surface area contributed by atoms with E-state index in [1.54, 1.807) is 23.1 Å². The van der Waals surface area contributed by atoms with Crippen molar-refractivity contribution in [3.05, 3.63) is 99.8 Å². The number of para-hydroxylation sites is 1. The highest BCUT2D eigenvalue weighted by Crippen LogP contribution is 2.46. The highest BCUT2D eigenvalue weighted by atomic mass is 35.5. The molecular weight excluding hydrogens is 545 g/mol. The van der Waals surface area contributed by atoms with E-state index in [1.165, 1.54) is 19.2 Å². The van der Waals surface area contributed by atoms with Crippen LogP contribution in [0.25, 0.3) is 0 Å². The number of methoxy groups -OCH3 is 1. The SMILES string of the molecule is CC.COc1cc(C(=O)N2CC[C@]3(C=C(C(N)=O)CC3)Cc3ccccc32)ccc1NC(=O)c1cc(F)ccc1Cl. The standard InChI is InChI=1S/C30H27ClFN3O4.C2H6/c1-39-26-14-18(6-9-24(26)34-28(37)22-15-21(32)7-8-23(22)31)29(38)35-13-12-30(11-10-20(17-30)27(33)36)16-19-4-2-3-5-25(19)35;1-2/h2-9,14-15,17H,10-13,16H2,1H3,(H2,33,36)(H,34,37);1-2H3/t30-;/m0./s1. The van der Waals surface area contributed by atoms with Gasteiger partial charge in [-0.3, -0.25) is 14.4 Å². The number of ether oxygens (including phenoxy) is 1. The lowest BCUT2D eigenvalue weighted by Gasteiger charge is -2.26. The molecule has 9 heteroatoms. The van der Waals surface area contributed by atoms with E-state index >= 15 is 0 Å². The van der Waals surface area contributed by atoms with E-state index in [4.69, 9.17) is 22.1 Å². The minimum atomic E-state index is -0.608. The zero-order valence-corrected chi connectivity index (χ0v) is 24.1. The van der Waals surface area contributed by atoms with Crippen molar-refractivity contribution < 1.29 is 23.5 Å². The molecule has 0 unspecified atom stereocenters. The van der Waals surface area contributed by atoms with Crippen molar-refractivity contribution in [3.8, 4) is 5.75 Å². The second kappa shape index (κ2) is 12.6. The quantitative estimate of drug-likeness (QED) is 0.359. The van der Waals surface area contributed by atoms with Crippen molar-refractivity contribution in [2.75, 3.05) is 23.9 Å². The normalized spacial score (nSPS) is 17.5. The summed E-state index contributed by atoms with van der Waals surface area (Å²) in [6, 6.07) is 16.1. The summed E-state index contributed by atoms with van der Waals surface area (Å²) in [5, 5.41) is 2.79. The largest absolute Gasteiger partial charge is 0.495 e. The van der Waals surface area contributed by atoms with Crippen LogP contribution in [0.15, 0.2) is 72.3 Å². The number of benzene rings is 3. The van der Waals surface area contributed by atoms with Crippen molar-refractivity contribution in [1.29, 1.82) is 0 Å². The van der Waals surface area contributed by atoms with Crippen molar-refractivity contribution in [2.24, 2.45) is 11.1 Å². The highest BCUT2D eigenvalue weighted by Gasteiger charge is 2.39. The molecule has 1 atom stereocenters. The first-order valence-electron chi connectivity index (χ1n) is 13.6. The van der Waals surface area contributed by atoms with Gasteiger partial charge in [-0.05, 0) is 79.1 Å². The molecular formula is C32H33ClFN3O4. The summed E-state index contributed by atoms with van der Waals surface area (Å²) in [7, 11) is 1.43. The van der Waals surface area contributed by atoms with Crippen molar-refractivity contribution >= 4 is 40.7 Å². The number of hydrogen-bond donors (Lipinski definition) is 2. The van der Waals surface area contributed by atoms with Crippen LogP contribution in [0.5, 0.6) is 5.75 Å². The summed E-state index contributed by atoms with van der Waals surface area (Å²) in [5.74, 6) is -1.54. The monoisotopic (exact) mass is 577 g/mol. The van der Waals surface area contributed by atoms with E-state index in [1.807, 2.05) is 44.2 Å². The summed E-state index contributed by atoms with van der Waals surface area (Å²) in [6.45, 7) is 4.46. The Hall–Kier alpha value is -4.17. The Balaban J connectivity index is 0.00000189. The summed E-state index contributed by atoms with van der Waals surface area (Å²) < 4.78 is 19.1. The van der Waals surface area contributed by atoms with Gasteiger partial charge in [0.1, 0.15) is 11.6 Å². The first kappa shape index (κ1) is 29.8. The number of amides is 3. The zero-order valence-electron chi connectivity index (χ0n) is 23.3. The molecule has 0 aromatic heterocycles. The van der Waals surface area contributed by atoms with Gasteiger partial charge in [-0.2, -0.15) is 0 Å². The fourth-order valence-corrected chi connectivity index (χ4v) is 5.63. The Labute approximate surface area is 244 Å². The Morgan fingerprint density at radius 1 is 1.05 bits per heavy atom. The average Bonchev–Trinajstić information content (AvgIpc) is 3.32. The maximum Gasteiger partial charge on any atom is 0.258 e. The lowest BCUT2D eigenvalue weighted by molar-refractivity contribution is -0.114. The van der Waals surface area contributed by atoms with Gasteiger partial charge in [-0.15, -0.1) is 0 Å². The molecule has 3 aromatic rings. The number of nitrogens with one attached hydrogen (secondary N) is 1. The molecule has 0 bridgehead atoms. The summed E-state index contributed by atoms with van der Waals surface area (Å²) >= 11 is 6.07. The molecule has 214 valence electrons. The topological polar surface area (TPSA) is 102 Å². The number of hydrogen-bond acceptors (Lipinski definition) is 4. The summed E-state index contributed by atoms with van der Waals surface area (Å²) in [6.07, 6.45) is 4.84. The van der Waals surface area contributed by atoms with E-state index < -0.39 is 17.6 Å². The lowest BCUT2D eigenvalue weighted by atomic mass is 9.79. The molecule has 1 aliphatic heterocycles. The van der Waals surface area contributed by atoms with Crippen molar-refractivity contribution in [2.45, 2.75) is 39.5 Å². The van der Waals surface area contributed by atoms with Gasteiger partial charge < -0.3 is 20.7 Å². The second-order valence-corrected chi connectivity index (χ2v) is 10.3.